The standard InChI is InChI=1S/C11H12O3/c1-9(11(12)13)7-8-14-10-5-3-2-4-6-10/h2-6H,1,7-8H2,(H,12,13)/p-1. The summed E-state index contributed by atoms with van der Waals surface area (Å²) in [4.78, 5) is 10.3. The molecule has 0 bridgehead atoms. The van der Waals surface area contributed by atoms with Gasteiger partial charge >= 0.3 is 0 Å². The highest BCUT2D eigenvalue weighted by Gasteiger charge is 1.96. The van der Waals surface area contributed by atoms with Crippen molar-refractivity contribution in [1.29, 1.82) is 0 Å². The molecule has 74 valence electrons. The summed E-state index contributed by atoms with van der Waals surface area (Å²) in [5.41, 5.74) is 0.0564. The minimum atomic E-state index is -1.22. The van der Waals surface area contributed by atoms with Crippen molar-refractivity contribution < 1.29 is 14.6 Å². The van der Waals surface area contributed by atoms with Crippen LogP contribution in [0.4, 0.5) is 0 Å². The fourth-order valence-electron chi connectivity index (χ4n) is 0.911. The molecule has 0 aromatic heterocycles. The summed E-state index contributed by atoms with van der Waals surface area (Å²) in [5.74, 6) is -0.500. The SMILES string of the molecule is C=C(CCOc1ccccc1)C(=O)[O-]. The first-order valence-corrected chi connectivity index (χ1v) is 4.27. The van der Waals surface area contributed by atoms with Crippen molar-refractivity contribution in [3.8, 4) is 5.75 Å². The Hall–Kier alpha value is -1.77. The summed E-state index contributed by atoms with van der Waals surface area (Å²) < 4.78 is 5.27. The number of hydrogen-bond donors (Lipinski definition) is 0. The summed E-state index contributed by atoms with van der Waals surface area (Å²) in [6.07, 6.45) is 0.275. The van der Waals surface area contributed by atoms with Crippen LogP contribution in [0.3, 0.4) is 0 Å². The van der Waals surface area contributed by atoms with Gasteiger partial charge in [-0.1, -0.05) is 24.8 Å². The molecule has 0 spiro atoms. The predicted molar refractivity (Wildman–Crippen MR) is 50.7 cm³/mol. The maximum atomic E-state index is 10.3. The molecule has 1 aromatic rings. The first-order chi connectivity index (χ1) is 6.70. The van der Waals surface area contributed by atoms with Crippen molar-refractivity contribution in [2.45, 2.75) is 6.42 Å². The molecule has 0 N–H and O–H groups in total. The summed E-state index contributed by atoms with van der Waals surface area (Å²) in [5, 5.41) is 10.3. The minimum Gasteiger partial charge on any atom is -0.545 e. The van der Waals surface area contributed by atoms with Gasteiger partial charge in [-0.25, -0.2) is 0 Å². The molecule has 0 unspecified atom stereocenters. The van der Waals surface area contributed by atoms with E-state index in [1.165, 1.54) is 0 Å². The molecule has 0 radical (unpaired) electrons. The molecule has 0 saturated carbocycles. The number of ether oxygens (including phenoxy) is 1. The number of aliphatic carboxylic acids is 1. The van der Waals surface area contributed by atoms with Crippen LogP contribution in [-0.4, -0.2) is 12.6 Å². The highest BCUT2D eigenvalue weighted by Crippen LogP contribution is 2.09. The first kappa shape index (κ1) is 10.3. The van der Waals surface area contributed by atoms with Gasteiger partial charge in [0, 0.05) is 6.42 Å². The Morgan fingerprint density at radius 3 is 2.57 bits per heavy atom. The number of para-hydroxylation sites is 1. The Bertz CT molecular complexity index is 317. The Morgan fingerprint density at radius 1 is 1.36 bits per heavy atom. The molecule has 0 fully saturated rings. The fourth-order valence-corrected chi connectivity index (χ4v) is 0.911. The van der Waals surface area contributed by atoms with Gasteiger partial charge in [0.1, 0.15) is 5.75 Å². The van der Waals surface area contributed by atoms with Gasteiger partial charge in [0.05, 0.1) is 12.6 Å². The van der Waals surface area contributed by atoms with Gasteiger partial charge in [-0.05, 0) is 17.7 Å². The summed E-state index contributed by atoms with van der Waals surface area (Å²) >= 11 is 0. The van der Waals surface area contributed by atoms with E-state index in [9.17, 15) is 9.90 Å². The van der Waals surface area contributed by atoms with E-state index in [1.54, 1.807) is 0 Å². The molecule has 1 rings (SSSR count). The molecule has 0 atom stereocenters. The van der Waals surface area contributed by atoms with Gasteiger partial charge in [-0.2, -0.15) is 0 Å². The lowest BCUT2D eigenvalue weighted by Gasteiger charge is -2.08. The molecule has 0 aliphatic heterocycles. The third-order valence-electron chi connectivity index (χ3n) is 1.70. The molecular weight excluding hydrogens is 180 g/mol. The number of carboxylic acids is 1. The van der Waals surface area contributed by atoms with E-state index in [2.05, 4.69) is 6.58 Å². The maximum Gasteiger partial charge on any atom is 0.119 e. The second-order valence-electron chi connectivity index (χ2n) is 2.80. The molecule has 0 aliphatic carbocycles. The summed E-state index contributed by atoms with van der Waals surface area (Å²) in [6.45, 7) is 3.65. The third kappa shape index (κ3) is 3.31. The van der Waals surface area contributed by atoms with Crippen molar-refractivity contribution >= 4 is 5.97 Å². The molecule has 3 heteroatoms. The van der Waals surface area contributed by atoms with E-state index in [1.807, 2.05) is 30.3 Å². The van der Waals surface area contributed by atoms with E-state index in [0.29, 0.717) is 6.61 Å². The van der Waals surface area contributed by atoms with Crippen LogP contribution in [0, 0.1) is 0 Å². The lowest BCUT2D eigenvalue weighted by Crippen LogP contribution is -2.24. The molecule has 0 amide bonds. The average Bonchev–Trinajstić information content (AvgIpc) is 2.19. The van der Waals surface area contributed by atoms with Crippen LogP contribution < -0.4 is 9.84 Å². The second kappa shape index (κ2) is 5.07. The van der Waals surface area contributed by atoms with Crippen LogP contribution in [0.5, 0.6) is 5.75 Å². The zero-order chi connectivity index (χ0) is 10.4. The van der Waals surface area contributed by atoms with Crippen LogP contribution in [0.2, 0.25) is 0 Å². The van der Waals surface area contributed by atoms with Crippen LogP contribution in [0.15, 0.2) is 42.5 Å². The molecule has 14 heavy (non-hydrogen) atoms. The summed E-state index contributed by atoms with van der Waals surface area (Å²) in [7, 11) is 0. The Morgan fingerprint density at radius 2 is 2.00 bits per heavy atom. The van der Waals surface area contributed by atoms with E-state index in [-0.39, 0.29) is 12.0 Å². The van der Waals surface area contributed by atoms with Gasteiger partial charge in [0.2, 0.25) is 0 Å². The summed E-state index contributed by atoms with van der Waals surface area (Å²) in [6, 6.07) is 9.20. The number of carboxylic acid groups (broad SMARTS) is 1. The average molecular weight is 191 g/mol. The molecule has 0 saturated heterocycles. The molecule has 3 nitrogen and oxygen atoms in total. The van der Waals surface area contributed by atoms with Crippen molar-refractivity contribution in [3.63, 3.8) is 0 Å². The zero-order valence-electron chi connectivity index (χ0n) is 7.73. The van der Waals surface area contributed by atoms with Gasteiger partial charge < -0.3 is 14.6 Å². The van der Waals surface area contributed by atoms with E-state index >= 15 is 0 Å². The maximum absolute atomic E-state index is 10.3. The number of hydrogen-bond acceptors (Lipinski definition) is 3. The smallest absolute Gasteiger partial charge is 0.119 e. The van der Waals surface area contributed by atoms with Gasteiger partial charge in [-0.15, -0.1) is 0 Å². The van der Waals surface area contributed by atoms with Gasteiger partial charge in [0.15, 0.2) is 0 Å². The molecule has 0 aliphatic rings. The molecule has 1 aromatic carbocycles. The lowest BCUT2D eigenvalue weighted by molar-refractivity contribution is -0.299. The molecule has 0 heterocycles. The van der Waals surface area contributed by atoms with Crippen LogP contribution in [-0.2, 0) is 4.79 Å². The van der Waals surface area contributed by atoms with Crippen LogP contribution in [0.1, 0.15) is 6.42 Å². The highest BCUT2D eigenvalue weighted by molar-refractivity contribution is 5.83. The second-order valence-corrected chi connectivity index (χ2v) is 2.80. The monoisotopic (exact) mass is 191 g/mol. The van der Waals surface area contributed by atoms with Gasteiger partial charge in [-0.3, -0.25) is 0 Å². The third-order valence-corrected chi connectivity index (χ3v) is 1.70. The molecular formula is C11H11O3-. The van der Waals surface area contributed by atoms with Crippen molar-refractivity contribution in [1.82, 2.24) is 0 Å². The van der Waals surface area contributed by atoms with Crippen molar-refractivity contribution in [2.24, 2.45) is 0 Å². The highest BCUT2D eigenvalue weighted by atomic mass is 16.5. The quantitative estimate of drug-likeness (QED) is 0.645. The van der Waals surface area contributed by atoms with E-state index in [4.69, 9.17) is 4.74 Å². The number of carbonyl (C=O) groups excluding carboxylic acids is 1. The number of carbonyl (C=O) groups is 1. The number of rotatable bonds is 5. The fraction of sp³-hybridized carbons (Fsp3) is 0.182. The topological polar surface area (TPSA) is 49.4 Å². The van der Waals surface area contributed by atoms with Gasteiger partial charge in [0.25, 0.3) is 0 Å². The predicted octanol–water partition coefficient (Wildman–Crippen LogP) is 0.762. The first-order valence-electron chi connectivity index (χ1n) is 4.27. The van der Waals surface area contributed by atoms with E-state index < -0.39 is 5.97 Å². The normalized spacial score (nSPS) is 9.43. The Kier molecular flexibility index (Phi) is 3.73. The minimum absolute atomic E-state index is 0.0564. The largest absolute Gasteiger partial charge is 0.545 e. The van der Waals surface area contributed by atoms with Crippen LogP contribution in [0.25, 0.3) is 0 Å². The number of benzene rings is 1. The lowest BCUT2D eigenvalue weighted by atomic mass is 10.2. The van der Waals surface area contributed by atoms with Crippen molar-refractivity contribution in [3.05, 3.63) is 42.5 Å². The zero-order valence-corrected chi connectivity index (χ0v) is 7.73. The van der Waals surface area contributed by atoms with Crippen LogP contribution >= 0.6 is 0 Å². The Balaban J connectivity index is 2.29. The van der Waals surface area contributed by atoms with Crippen molar-refractivity contribution in [2.75, 3.05) is 6.61 Å². The van der Waals surface area contributed by atoms with E-state index in [0.717, 1.165) is 5.75 Å². The Labute approximate surface area is 82.6 Å².